The molecule has 0 saturated carbocycles. The molecule has 190 valence electrons. The summed E-state index contributed by atoms with van der Waals surface area (Å²) in [5, 5.41) is 18.4. The summed E-state index contributed by atoms with van der Waals surface area (Å²) in [4.78, 5) is 15.5. The molecule has 7 heteroatoms. The minimum absolute atomic E-state index is 0.0846. The fourth-order valence-electron chi connectivity index (χ4n) is 4.88. The number of aromatic hydroxyl groups is 1. The van der Waals surface area contributed by atoms with Gasteiger partial charge in [0, 0.05) is 17.7 Å². The maximum atomic E-state index is 13.6. The zero-order chi connectivity index (χ0) is 25.8. The van der Waals surface area contributed by atoms with Gasteiger partial charge < -0.3 is 19.5 Å². The number of aromatic nitrogens is 2. The quantitative estimate of drug-likeness (QED) is 0.251. The van der Waals surface area contributed by atoms with E-state index in [9.17, 15) is 9.90 Å². The fraction of sp³-hybridized carbons (Fsp3) is 0.379. The van der Waals surface area contributed by atoms with Gasteiger partial charge in [-0.3, -0.25) is 9.89 Å². The van der Waals surface area contributed by atoms with Gasteiger partial charge in [0.2, 0.25) is 0 Å². The van der Waals surface area contributed by atoms with Crippen molar-refractivity contribution in [3.05, 3.63) is 70.9 Å². The number of amides is 1. The molecule has 2 aromatic carbocycles. The van der Waals surface area contributed by atoms with Crippen LogP contribution >= 0.6 is 0 Å². The average Bonchev–Trinajstić information content (AvgIpc) is 3.40. The Balaban J connectivity index is 1.87. The summed E-state index contributed by atoms with van der Waals surface area (Å²) >= 11 is 0. The summed E-state index contributed by atoms with van der Waals surface area (Å²) < 4.78 is 11.7. The predicted molar refractivity (Wildman–Crippen MR) is 141 cm³/mol. The van der Waals surface area contributed by atoms with Crippen LogP contribution in [0.15, 0.2) is 43.0 Å². The standard InChI is InChI=1S/C29H35N3O4/c1-6-9-10-13-32-27(20-11-12-22(36-14-7-2)23(17-20)35-8-3)24-25(30-31-26(24)29(32)34)21-16-18(4)15-19(5)28(21)33/h7,11-12,15-17,27,33H,2,6,8-10,13-14H2,1,3-5H3,(H,30,31). The van der Waals surface area contributed by atoms with E-state index >= 15 is 0 Å². The molecule has 4 rings (SSSR count). The van der Waals surface area contributed by atoms with Crippen molar-refractivity contribution < 1.29 is 19.4 Å². The molecule has 7 nitrogen and oxygen atoms in total. The Morgan fingerprint density at radius 3 is 2.67 bits per heavy atom. The SMILES string of the molecule is C=CCOc1ccc(C2c3c(-c4cc(C)cc(C)c4O)n[nH]c3C(=O)N2CCCCC)cc1OCC. The van der Waals surface area contributed by atoms with Gasteiger partial charge in [-0.05, 0) is 62.1 Å². The number of nitrogens with zero attached hydrogens (tertiary/aromatic N) is 2. The van der Waals surface area contributed by atoms with E-state index < -0.39 is 0 Å². The van der Waals surface area contributed by atoms with Crippen LogP contribution in [0.1, 0.15) is 71.9 Å². The van der Waals surface area contributed by atoms with Crippen molar-refractivity contribution in [3.8, 4) is 28.5 Å². The molecule has 1 unspecified atom stereocenters. The Kier molecular flexibility index (Phi) is 7.67. The normalized spacial score (nSPS) is 14.7. The summed E-state index contributed by atoms with van der Waals surface area (Å²) in [5.41, 5.74) is 5.14. The average molecular weight is 490 g/mol. The zero-order valence-electron chi connectivity index (χ0n) is 21.6. The van der Waals surface area contributed by atoms with Crippen LogP contribution in [0.25, 0.3) is 11.3 Å². The second-order valence-corrected chi connectivity index (χ2v) is 9.19. The van der Waals surface area contributed by atoms with Crippen molar-refractivity contribution in [2.75, 3.05) is 19.8 Å². The van der Waals surface area contributed by atoms with E-state index in [0.29, 0.717) is 48.2 Å². The van der Waals surface area contributed by atoms with E-state index in [0.717, 1.165) is 41.5 Å². The number of ether oxygens (including phenoxy) is 2. The number of rotatable bonds is 11. The van der Waals surface area contributed by atoms with Gasteiger partial charge in [-0.15, -0.1) is 0 Å². The molecular formula is C29H35N3O4. The first-order valence-corrected chi connectivity index (χ1v) is 12.6. The third-order valence-corrected chi connectivity index (χ3v) is 6.51. The summed E-state index contributed by atoms with van der Waals surface area (Å²) in [6.45, 7) is 13.1. The maximum absolute atomic E-state index is 13.6. The number of phenolic OH excluding ortho intramolecular Hbond substituents is 1. The number of unbranched alkanes of at least 4 members (excludes halogenated alkanes) is 2. The van der Waals surface area contributed by atoms with Gasteiger partial charge in [-0.2, -0.15) is 5.10 Å². The van der Waals surface area contributed by atoms with E-state index in [1.54, 1.807) is 6.08 Å². The first-order chi connectivity index (χ1) is 17.4. The molecule has 0 radical (unpaired) electrons. The Morgan fingerprint density at radius 1 is 1.14 bits per heavy atom. The van der Waals surface area contributed by atoms with E-state index in [2.05, 4.69) is 23.7 Å². The van der Waals surface area contributed by atoms with Crippen molar-refractivity contribution >= 4 is 5.91 Å². The Morgan fingerprint density at radius 2 is 1.94 bits per heavy atom. The number of hydrogen-bond acceptors (Lipinski definition) is 5. The van der Waals surface area contributed by atoms with Crippen molar-refractivity contribution in [1.82, 2.24) is 15.1 Å². The Labute approximate surface area is 212 Å². The molecule has 1 aliphatic heterocycles. The van der Waals surface area contributed by atoms with Gasteiger partial charge in [-0.25, -0.2) is 0 Å². The van der Waals surface area contributed by atoms with E-state index in [1.165, 1.54) is 0 Å². The number of hydrogen-bond donors (Lipinski definition) is 2. The summed E-state index contributed by atoms with van der Waals surface area (Å²) in [6, 6.07) is 9.27. The number of phenols is 1. The van der Waals surface area contributed by atoms with Crippen LogP contribution in [0.4, 0.5) is 0 Å². The van der Waals surface area contributed by atoms with E-state index in [1.807, 2.05) is 56.0 Å². The summed E-state index contributed by atoms with van der Waals surface area (Å²) in [7, 11) is 0. The van der Waals surface area contributed by atoms with Crippen LogP contribution in [-0.2, 0) is 0 Å². The van der Waals surface area contributed by atoms with Crippen LogP contribution in [-0.4, -0.2) is 45.9 Å². The molecule has 2 heterocycles. The first kappa shape index (κ1) is 25.4. The number of carbonyl (C=O) groups excluding carboxylic acids is 1. The molecule has 0 saturated heterocycles. The van der Waals surface area contributed by atoms with Gasteiger partial charge in [-0.1, -0.05) is 44.6 Å². The molecule has 1 aromatic heterocycles. The monoisotopic (exact) mass is 489 g/mol. The molecule has 36 heavy (non-hydrogen) atoms. The minimum Gasteiger partial charge on any atom is -0.507 e. The highest BCUT2D eigenvalue weighted by Gasteiger charge is 2.42. The second-order valence-electron chi connectivity index (χ2n) is 9.19. The highest BCUT2D eigenvalue weighted by molar-refractivity contribution is 6.00. The lowest BCUT2D eigenvalue weighted by Crippen LogP contribution is -2.30. The number of fused-ring (bicyclic) bond motifs is 1. The van der Waals surface area contributed by atoms with Crippen LogP contribution in [0, 0.1) is 13.8 Å². The number of aryl methyl sites for hydroxylation is 2. The Bertz CT molecular complexity index is 1260. The van der Waals surface area contributed by atoms with Crippen LogP contribution in [0.2, 0.25) is 0 Å². The van der Waals surface area contributed by atoms with Gasteiger partial charge in [0.05, 0.1) is 12.6 Å². The lowest BCUT2D eigenvalue weighted by molar-refractivity contribution is 0.0740. The van der Waals surface area contributed by atoms with Crippen LogP contribution < -0.4 is 9.47 Å². The van der Waals surface area contributed by atoms with E-state index in [-0.39, 0.29) is 17.7 Å². The van der Waals surface area contributed by atoms with Crippen LogP contribution in [0.3, 0.4) is 0 Å². The third kappa shape index (κ3) is 4.70. The van der Waals surface area contributed by atoms with Gasteiger partial charge in [0.1, 0.15) is 23.7 Å². The van der Waals surface area contributed by atoms with Gasteiger partial charge in [0.15, 0.2) is 11.5 Å². The largest absolute Gasteiger partial charge is 0.507 e. The van der Waals surface area contributed by atoms with Crippen molar-refractivity contribution in [2.45, 2.75) is 53.0 Å². The van der Waals surface area contributed by atoms with Crippen LogP contribution in [0.5, 0.6) is 17.2 Å². The second kappa shape index (κ2) is 10.9. The molecule has 1 amide bonds. The lowest BCUT2D eigenvalue weighted by Gasteiger charge is -2.27. The molecule has 0 fully saturated rings. The number of nitrogens with one attached hydrogen (secondary N) is 1. The molecule has 0 bridgehead atoms. The summed E-state index contributed by atoms with van der Waals surface area (Å²) in [5.74, 6) is 1.33. The first-order valence-electron chi connectivity index (χ1n) is 12.6. The minimum atomic E-state index is -0.369. The van der Waals surface area contributed by atoms with Gasteiger partial charge >= 0.3 is 0 Å². The maximum Gasteiger partial charge on any atom is 0.273 e. The third-order valence-electron chi connectivity index (χ3n) is 6.51. The number of carbonyl (C=O) groups is 1. The van der Waals surface area contributed by atoms with Crippen molar-refractivity contribution in [1.29, 1.82) is 0 Å². The number of H-pyrrole nitrogens is 1. The van der Waals surface area contributed by atoms with E-state index in [4.69, 9.17) is 9.47 Å². The lowest BCUT2D eigenvalue weighted by atomic mass is 9.93. The number of benzene rings is 2. The van der Waals surface area contributed by atoms with Crippen molar-refractivity contribution in [2.24, 2.45) is 0 Å². The molecule has 3 aromatic rings. The number of aromatic amines is 1. The Hall–Kier alpha value is -3.74. The molecule has 1 aliphatic rings. The molecule has 2 N–H and O–H groups in total. The zero-order valence-corrected chi connectivity index (χ0v) is 21.6. The van der Waals surface area contributed by atoms with Gasteiger partial charge in [0.25, 0.3) is 5.91 Å². The topological polar surface area (TPSA) is 87.7 Å². The highest BCUT2D eigenvalue weighted by atomic mass is 16.5. The molecule has 1 atom stereocenters. The molecular weight excluding hydrogens is 454 g/mol. The smallest absolute Gasteiger partial charge is 0.273 e. The predicted octanol–water partition coefficient (Wildman–Crippen LogP) is 6.10. The molecule has 0 spiro atoms. The van der Waals surface area contributed by atoms with Crippen molar-refractivity contribution in [3.63, 3.8) is 0 Å². The highest BCUT2D eigenvalue weighted by Crippen LogP contribution is 2.46. The summed E-state index contributed by atoms with van der Waals surface area (Å²) in [6.07, 6.45) is 4.69. The molecule has 0 aliphatic carbocycles. The fourth-order valence-corrected chi connectivity index (χ4v) is 4.88.